The topological polar surface area (TPSA) is 70.5 Å². The molecule has 1 N–H and O–H groups in total. The Bertz CT molecular complexity index is 1360. The molecule has 0 radical (unpaired) electrons. The summed E-state index contributed by atoms with van der Waals surface area (Å²) < 4.78 is 1.84. The number of benzene rings is 1. The molecule has 0 saturated carbocycles. The summed E-state index contributed by atoms with van der Waals surface area (Å²) >= 11 is 6.56. The number of nitrogens with zero attached hydrogens (tertiary/aromatic N) is 4. The van der Waals surface area contributed by atoms with Gasteiger partial charge in [-0.3, -0.25) is 14.6 Å². The first-order valence-electron chi connectivity index (χ1n) is 12.5. The summed E-state index contributed by atoms with van der Waals surface area (Å²) in [5.41, 5.74) is 6.01. The minimum atomic E-state index is 0.0174. The highest BCUT2D eigenvalue weighted by atomic mass is 35.5. The number of fused-ring (bicyclic) bond motifs is 1. The molecule has 0 aliphatic carbocycles. The van der Waals surface area contributed by atoms with Gasteiger partial charge in [0.25, 0.3) is 11.5 Å². The van der Waals surface area contributed by atoms with Crippen molar-refractivity contribution < 1.29 is 4.79 Å². The highest BCUT2D eigenvalue weighted by Crippen LogP contribution is 2.37. The fraction of sp³-hybridized carbons (Fsp3) is 0.444. The zero-order valence-electron chi connectivity index (χ0n) is 20.0. The molecule has 2 aromatic heterocycles. The van der Waals surface area contributed by atoms with Gasteiger partial charge in [-0.05, 0) is 55.6 Å². The number of likely N-dealkylation sites (tertiary alicyclic amines) is 1. The van der Waals surface area contributed by atoms with E-state index in [4.69, 9.17) is 11.6 Å². The van der Waals surface area contributed by atoms with Gasteiger partial charge in [-0.2, -0.15) is 0 Å². The lowest BCUT2D eigenvalue weighted by Gasteiger charge is -2.34. The Morgan fingerprint density at radius 2 is 1.94 bits per heavy atom. The van der Waals surface area contributed by atoms with Crippen LogP contribution in [0, 0.1) is 0 Å². The average Bonchev–Trinajstić information content (AvgIpc) is 3.26. The molecular weight excluding hydrogens is 462 g/mol. The van der Waals surface area contributed by atoms with Gasteiger partial charge in [0.15, 0.2) is 0 Å². The number of hydrogen-bond donors (Lipinski definition) is 1. The molecule has 0 bridgehead atoms. The summed E-state index contributed by atoms with van der Waals surface area (Å²) in [5, 5.41) is 4.36. The van der Waals surface area contributed by atoms with E-state index in [9.17, 15) is 9.59 Å². The van der Waals surface area contributed by atoms with Gasteiger partial charge in [0.1, 0.15) is 0 Å². The molecule has 0 spiro atoms. The monoisotopic (exact) mass is 491 g/mol. The van der Waals surface area contributed by atoms with E-state index in [1.807, 2.05) is 11.6 Å². The summed E-state index contributed by atoms with van der Waals surface area (Å²) in [6, 6.07) is 10.2. The minimum absolute atomic E-state index is 0.0174. The second kappa shape index (κ2) is 9.04. The highest BCUT2D eigenvalue weighted by molar-refractivity contribution is 6.32. The molecule has 35 heavy (non-hydrogen) atoms. The molecular formula is C27H30ClN5O2. The van der Waals surface area contributed by atoms with Crippen LogP contribution in [0.5, 0.6) is 0 Å². The molecule has 8 heteroatoms. The van der Waals surface area contributed by atoms with Gasteiger partial charge in [0, 0.05) is 68.6 Å². The fourth-order valence-corrected chi connectivity index (χ4v) is 6.23. The maximum absolute atomic E-state index is 12.5. The lowest BCUT2D eigenvalue weighted by atomic mass is 9.96. The van der Waals surface area contributed by atoms with Gasteiger partial charge in [0.2, 0.25) is 0 Å². The number of rotatable bonds is 5. The molecule has 1 aromatic carbocycles. The second-order valence-electron chi connectivity index (χ2n) is 10.2. The first-order chi connectivity index (χ1) is 17.0. The largest absolute Gasteiger partial charge is 0.341 e. The molecule has 5 heterocycles. The normalized spacial score (nSPS) is 20.6. The molecule has 1 amide bonds. The first kappa shape index (κ1) is 22.7. The van der Waals surface area contributed by atoms with Crippen molar-refractivity contribution in [2.24, 2.45) is 0 Å². The van der Waals surface area contributed by atoms with Crippen LogP contribution >= 0.6 is 11.6 Å². The molecule has 1 saturated heterocycles. The Morgan fingerprint density at radius 3 is 2.77 bits per heavy atom. The number of carbonyl (C=O) groups excluding carboxylic acids is 1. The number of pyridine rings is 2. The summed E-state index contributed by atoms with van der Waals surface area (Å²) in [7, 11) is 1.87. The quantitative estimate of drug-likeness (QED) is 0.594. The predicted octanol–water partition coefficient (Wildman–Crippen LogP) is 3.03. The van der Waals surface area contributed by atoms with Gasteiger partial charge in [0.05, 0.1) is 16.1 Å². The molecule has 0 unspecified atom stereocenters. The number of nitrogens with one attached hydrogen (secondary N) is 1. The third-order valence-corrected chi connectivity index (χ3v) is 8.23. The number of amides is 1. The van der Waals surface area contributed by atoms with Gasteiger partial charge in [-0.15, -0.1) is 0 Å². The molecule has 7 nitrogen and oxygen atoms in total. The highest BCUT2D eigenvalue weighted by Gasteiger charge is 2.31. The van der Waals surface area contributed by atoms with E-state index in [1.165, 1.54) is 5.56 Å². The van der Waals surface area contributed by atoms with Crippen LogP contribution in [-0.2, 0) is 19.5 Å². The van der Waals surface area contributed by atoms with E-state index in [1.54, 1.807) is 23.2 Å². The predicted molar refractivity (Wildman–Crippen MR) is 137 cm³/mol. The van der Waals surface area contributed by atoms with Gasteiger partial charge >= 0.3 is 0 Å². The standard InChI is InChI=1S/C27H30ClN5O2/c1-31-9-6-18-3-2-17(12-21(18)27(31)35)13-29-20-7-10-32(11-8-20)15-19-16-33-24(34)5-4-23-26(33)25(19)22(28)14-30-23/h2-5,12,14,19-20,29H,6-11,13,15-16H2,1H3/t19-/m1/s1. The minimum Gasteiger partial charge on any atom is -0.341 e. The van der Waals surface area contributed by atoms with Crippen LogP contribution in [0.3, 0.4) is 0 Å². The Balaban J connectivity index is 1.06. The maximum Gasteiger partial charge on any atom is 0.253 e. The van der Waals surface area contributed by atoms with Crippen LogP contribution in [0.1, 0.15) is 45.8 Å². The van der Waals surface area contributed by atoms with E-state index in [-0.39, 0.29) is 17.4 Å². The average molecular weight is 492 g/mol. The fourth-order valence-electron chi connectivity index (χ4n) is 5.93. The van der Waals surface area contributed by atoms with Crippen LogP contribution in [0.15, 0.2) is 41.3 Å². The van der Waals surface area contributed by atoms with Crippen molar-refractivity contribution in [1.82, 2.24) is 24.7 Å². The van der Waals surface area contributed by atoms with Crippen molar-refractivity contribution in [3.63, 3.8) is 0 Å². The van der Waals surface area contributed by atoms with Crippen molar-refractivity contribution in [1.29, 1.82) is 0 Å². The zero-order valence-corrected chi connectivity index (χ0v) is 20.7. The molecule has 3 aromatic rings. The zero-order chi connectivity index (χ0) is 24.1. The Kier molecular flexibility index (Phi) is 5.87. The molecule has 1 fully saturated rings. The van der Waals surface area contributed by atoms with Crippen LogP contribution in [0.2, 0.25) is 5.02 Å². The number of aromatic nitrogens is 2. The van der Waals surface area contributed by atoms with E-state index >= 15 is 0 Å². The maximum atomic E-state index is 12.5. The van der Waals surface area contributed by atoms with E-state index in [0.29, 0.717) is 17.6 Å². The van der Waals surface area contributed by atoms with Crippen molar-refractivity contribution in [2.45, 2.75) is 44.3 Å². The number of halogens is 1. The van der Waals surface area contributed by atoms with Gasteiger partial charge in [-0.1, -0.05) is 23.7 Å². The lowest BCUT2D eigenvalue weighted by Crippen LogP contribution is -2.43. The van der Waals surface area contributed by atoms with Crippen LogP contribution in [-0.4, -0.2) is 64.5 Å². The molecule has 1 atom stereocenters. The molecule has 6 rings (SSSR count). The van der Waals surface area contributed by atoms with E-state index in [2.05, 4.69) is 33.4 Å². The van der Waals surface area contributed by atoms with Crippen LogP contribution in [0.4, 0.5) is 0 Å². The van der Waals surface area contributed by atoms with Crippen molar-refractivity contribution in [3.05, 3.63) is 74.2 Å². The molecule has 3 aliphatic heterocycles. The van der Waals surface area contributed by atoms with E-state index in [0.717, 1.165) is 79.7 Å². The molecule has 182 valence electrons. The summed E-state index contributed by atoms with van der Waals surface area (Å²) in [6.07, 6.45) is 4.80. The third kappa shape index (κ3) is 4.15. The lowest BCUT2D eigenvalue weighted by molar-refractivity contribution is 0.0780. The van der Waals surface area contributed by atoms with Gasteiger partial charge < -0.3 is 19.7 Å². The molecule has 3 aliphatic rings. The number of likely N-dealkylation sites (N-methyl/N-ethyl adjacent to an activating group) is 1. The van der Waals surface area contributed by atoms with Crippen molar-refractivity contribution in [3.8, 4) is 0 Å². The Morgan fingerprint density at radius 1 is 1.11 bits per heavy atom. The smallest absolute Gasteiger partial charge is 0.253 e. The summed E-state index contributed by atoms with van der Waals surface area (Å²) in [5.74, 6) is 0.336. The van der Waals surface area contributed by atoms with Crippen molar-refractivity contribution in [2.75, 3.05) is 33.2 Å². The number of carbonyl (C=O) groups is 1. The number of piperidine rings is 1. The number of hydrogen-bond acceptors (Lipinski definition) is 5. The summed E-state index contributed by atoms with van der Waals surface area (Å²) in [4.78, 5) is 33.7. The van der Waals surface area contributed by atoms with Crippen LogP contribution in [0.25, 0.3) is 11.0 Å². The van der Waals surface area contributed by atoms with E-state index < -0.39 is 0 Å². The first-order valence-corrected chi connectivity index (χ1v) is 12.9. The third-order valence-electron chi connectivity index (χ3n) is 7.93. The van der Waals surface area contributed by atoms with Crippen molar-refractivity contribution >= 4 is 28.5 Å². The Labute approximate surface area is 209 Å². The summed E-state index contributed by atoms with van der Waals surface area (Å²) in [6.45, 7) is 5.16. The van der Waals surface area contributed by atoms with Crippen LogP contribution < -0.4 is 10.9 Å². The SMILES string of the molecule is CN1CCc2ccc(CNC3CCN(C[C@@H]4Cn5c(=O)ccc6ncc(Cl)c4c65)CC3)cc2C1=O. The second-order valence-corrected chi connectivity index (χ2v) is 10.6. The Hall–Kier alpha value is -2.74. The van der Waals surface area contributed by atoms with Gasteiger partial charge in [-0.25, -0.2) is 0 Å².